The highest BCUT2D eigenvalue weighted by molar-refractivity contribution is 8.04. The number of fused-ring (bicyclic) bond motifs is 1. The maximum atomic E-state index is 13.9. The number of carbonyl (C=O) groups is 3. The molecule has 0 spiro atoms. The quantitative estimate of drug-likeness (QED) is 0.275. The second-order valence-corrected chi connectivity index (χ2v) is 10.3. The van der Waals surface area contributed by atoms with Crippen LogP contribution in [0.25, 0.3) is 16.7 Å². The molecule has 194 valence electrons. The number of phenolic OH excluding ortho intramolecular Hbond substituents is 1. The molecule has 1 aliphatic rings. The average molecular weight is 537 g/mol. The maximum absolute atomic E-state index is 13.9. The zero-order valence-corrected chi connectivity index (χ0v) is 22.3. The van der Waals surface area contributed by atoms with E-state index in [0.717, 1.165) is 28.5 Å². The Morgan fingerprint density at radius 1 is 0.795 bits per heavy atom. The second-order valence-electron chi connectivity index (χ2n) is 9.25. The number of Topliss-reactive ketones (excluding diaryl/α,β-unsaturated/α-hetero) is 2. The number of ketones is 2. The van der Waals surface area contributed by atoms with Crippen LogP contribution in [0.1, 0.15) is 47.8 Å². The van der Waals surface area contributed by atoms with Crippen molar-refractivity contribution in [2.75, 3.05) is 7.11 Å². The van der Waals surface area contributed by atoms with Crippen LogP contribution in [-0.2, 0) is 0 Å². The third kappa shape index (κ3) is 4.73. The van der Waals surface area contributed by atoms with Gasteiger partial charge in [0.1, 0.15) is 11.5 Å². The van der Waals surface area contributed by atoms with Gasteiger partial charge in [0.2, 0.25) is 5.78 Å². The van der Waals surface area contributed by atoms with Crippen molar-refractivity contribution in [2.24, 2.45) is 0 Å². The molecule has 0 unspecified atom stereocenters. The lowest BCUT2D eigenvalue weighted by Gasteiger charge is -2.24. The van der Waals surface area contributed by atoms with E-state index in [9.17, 15) is 24.6 Å². The minimum Gasteiger partial charge on any atom is -0.507 e. The highest BCUT2D eigenvalue weighted by atomic mass is 32.2. The predicted molar refractivity (Wildman–Crippen MR) is 151 cm³/mol. The molecule has 0 amide bonds. The molecule has 0 saturated heterocycles. The zero-order valence-electron chi connectivity index (χ0n) is 21.4. The van der Waals surface area contributed by atoms with Gasteiger partial charge in [-0.2, -0.15) is 0 Å². The van der Waals surface area contributed by atoms with Crippen molar-refractivity contribution in [1.29, 1.82) is 0 Å². The summed E-state index contributed by atoms with van der Waals surface area (Å²) in [7, 11) is 1.38. The fourth-order valence-corrected chi connectivity index (χ4v) is 5.68. The van der Waals surface area contributed by atoms with E-state index in [1.54, 1.807) is 13.0 Å². The van der Waals surface area contributed by atoms with Gasteiger partial charge in [0.25, 0.3) is 0 Å². The SMILES string of the molecule is COc1cc(C)cc(C(=O)O)c1C1=C(Sc2ccc(-c3ccc(C)cc3)cc2)C(=O)c2c(O)cccc2C1=O. The second kappa shape index (κ2) is 10.3. The van der Waals surface area contributed by atoms with Crippen molar-refractivity contribution in [2.45, 2.75) is 18.7 Å². The molecule has 4 aromatic rings. The van der Waals surface area contributed by atoms with E-state index < -0.39 is 17.5 Å². The van der Waals surface area contributed by atoms with Gasteiger partial charge in [0, 0.05) is 16.0 Å². The van der Waals surface area contributed by atoms with Crippen molar-refractivity contribution in [3.63, 3.8) is 0 Å². The van der Waals surface area contributed by atoms with Gasteiger partial charge in [0.15, 0.2) is 5.78 Å². The molecule has 0 bridgehead atoms. The number of ether oxygens (including phenoxy) is 1. The lowest BCUT2D eigenvalue weighted by atomic mass is 9.83. The van der Waals surface area contributed by atoms with Crippen LogP contribution in [0.5, 0.6) is 11.5 Å². The van der Waals surface area contributed by atoms with Crippen LogP contribution < -0.4 is 4.74 Å². The van der Waals surface area contributed by atoms with Gasteiger partial charge >= 0.3 is 5.97 Å². The standard InChI is InChI=1S/C32H24O6S/c1-17-7-9-19(10-8-17)20-11-13-21(14-12-20)39-31-28(27-23(32(36)37)15-18(2)16-25(27)38-3)29(34)22-5-4-6-24(33)26(22)30(31)35/h4-16,33H,1-3H3,(H,36,37). The molecule has 1 aliphatic carbocycles. The third-order valence-electron chi connectivity index (χ3n) is 6.58. The minimum atomic E-state index is -1.26. The summed E-state index contributed by atoms with van der Waals surface area (Å²) in [5.41, 5.74) is 3.51. The summed E-state index contributed by atoms with van der Waals surface area (Å²) >= 11 is 1.05. The topological polar surface area (TPSA) is 101 Å². The van der Waals surface area contributed by atoms with E-state index >= 15 is 0 Å². The smallest absolute Gasteiger partial charge is 0.336 e. The number of hydrogen-bond acceptors (Lipinski definition) is 6. The Hall–Kier alpha value is -4.62. The van der Waals surface area contributed by atoms with Crippen molar-refractivity contribution in [3.8, 4) is 22.6 Å². The molecule has 0 aliphatic heterocycles. The number of rotatable bonds is 6. The number of carboxylic acids is 1. The summed E-state index contributed by atoms with van der Waals surface area (Å²) in [6, 6.07) is 23.0. The van der Waals surface area contributed by atoms with Crippen LogP contribution >= 0.6 is 11.8 Å². The Morgan fingerprint density at radius 3 is 2.05 bits per heavy atom. The maximum Gasteiger partial charge on any atom is 0.336 e. The summed E-state index contributed by atoms with van der Waals surface area (Å²) in [5, 5.41) is 20.6. The molecule has 39 heavy (non-hydrogen) atoms. The van der Waals surface area contributed by atoms with Gasteiger partial charge in [-0.25, -0.2) is 4.79 Å². The number of thioether (sulfide) groups is 1. The molecular weight excluding hydrogens is 512 g/mol. The van der Waals surface area contributed by atoms with Gasteiger partial charge in [0.05, 0.1) is 28.7 Å². The van der Waals surface area contributed by atoms with Crippen LogP contribution in [0.15, 0.2) is 88.7 Å². The van der Waals surface area contributed by atoms with Gasteiger partial charge in [-0.05, 0) is 60.9 Å². The molecule has 0 saturated carbocycles. The molecule has 0 radical (unpaired) electrons. The number of hydrogen-bond donors (Lipinski definition) is 2. The highest BCUT2D eigenvalue weighted by Gasteiger charge is 2.38. The fourth-order valence-electron chi connectivity index (χ4n) is 4.68. The molecule has 4 aromatic carbocycles. The number of carbonyl (C=O) groups excluding carboxylic acids is 2. The summed E-state index contributed by atoms with van der Waals surface area (Å²) in [4.78, 5) is 40.8. The molecule has 0 aromatic heterocycles. The van der Waals surface area contributed by atoms with E-state index in [2.05, 4.69) is 0 Å². The largest absolute Gasteiger partial charge is 0.507 e. The molecule has 0 atom stereocenters. The number of aryl methyl sites for hydroxylation is 2. The van der Waals surface area contributed by atoms with Gasteiger partial charge in [-0.15, -0.1) is 0 Å². The number of benzene rings is 4. The Balaban J connectivity index is 1.70. The lowest BCUT2D eigenvalue weighted by Crippen LogP contribution is -2.22. The van der Waals surface area contributed by atoms with Crippen LogP contribution in [0.2, 0.25) is 0 Å². The predicted octanol–water partition coefficient (Wildman–Crippen LogP) is 6.97. The number of allylic oxidation sites excluding steroid dienone is 2. The Bertz CT molecular complexity index is 1680. The monoisotopic (exact) mass is 536 g/mol. The van der Waals surface area contributed by atoms with Crippen molar-refractivity contribution < 1.29 is 29.3 Å². The van der Waals surface area contributed by atoms with Gasteiger partial charge < -0.3 is 14.9 Å². The first kappa shape index (κ1) is 26.0. The Labute approximate surface area is 229 Å². The molecule has 2 N–H and O–H groups in total. The van der Waals surface area contributed by atoms with Gasteiger partial charge in [-0.1, -0.05) is 65.9 Å². The first-order valence-corrected chi connectivity index (χ1v) is 12.9. The Morgan fingerprint density at radius 2 is 1.44 bits per heavy atom. The number of carboxylic acid groups (broad SMARTS) is 1. The summed E-state index contributed by atoms with van der Waals surface area (Å²) in [5.74, 6) is -2.53. The fraction of sp³-hybridized carbons (Fsp3) is 0.0938. The summed E-state index contributed by atoms with van der Waals surface area (Å²) in [6.07, 6.45) is 0. The zero-order chi connectivity index (χ0) is 27.8. The molecular formula is C32H24O6S. The van der Waals surface area contributed by atoms with Crippen molar-refractivity contribution >= 4 is 34.9 Å². The van der Waals surface area contributed by atoms with Crippen LogP contribution in [0.4, 0.5) is 0 Å². The van der Waals surface area contributed by atoms with Crippen LogP contribution in [0.3, 0.4) is 0 Å². The first-order valence-electron chi connectivity index (χ1n) is 12.1. The molecule has 0 heterocycles. The van der Waals surface area contributed by atoms with E-state index in [0.29, 0.717) is 10.5 Å². The number of phenols is 1. The minimum absolute atomic E-state index is 0.00744. The number of methoxy groups -OCH3 is 1. The molecule has 5 rings (SSSR count). The average Bonchev–Trinajstić information content (AvgIpc) is 2.92. The first-order chi connectivity index (χ1) is 18.7. The molecule has 6 nitrogen and oxygen atoms in total. The van der Waals surface area contributed by atoms with Gasteiger partial charge in [-0.3, -0.25) is 9.59 Å². The van der Waals surface area contributed by atoms with E-state index in [-0.39, 0.29) is 44.2 Å². The normalized spacial score (nSPS) is 12.9. The third-order valence-corrected chi connectivity index (χ3v) is 7.68. The lowest BCUT2D eigenvalue weighted by molar-refractivity contribution is 0.0695. The van der Waals surface area contributed by atoms with Crippen LogP contribution in [-0.4, -0.2) is 34.9 Å². The van der Waals surface area contributed by atoms with E-state index in [1.807, 2.05) is 55.5 Å². The van der Waals surface area contributed by atoms with E-state index in [4.69, 9.17) is 4.74 Å². The molecule has 0 fully saturated rings. The highest BCUT2D eigenvalue weighted by Crippen LogP contribution is 2.46. The summed E-state index contributed by atoms with van der Waals surface area (Å²) in [6.45, 7) is 3.74. The summed E-state index contributed by atoms with van der Waals surface area (Å²) < 4.78 is 5.52. The van der Waals surface area contributed by atoms with E-state index in [1.165, 1.54) is 31.4 Å². The molecule has 7 heteroatoms. The van der Waals surface area contributed by atoms with Crippen molar-refractivity contribution in [1.82, 2.24) is 0 Å². The van der Waals surface area contributed by atoms with Crippen molar-refractivity contribution in [3.05, 3.63) is 117 Å². The Kier molecular flexibility index (Phi) is 6.85. The number of aromatic carboxylic acids is 1. The van der Waals surface area contributed by atoms with Crippen LogP contribution in [0, 0.1) is 13.8 Å². The number of aromatic hydroxyl groups is 1.